The summed E-state index contributed by atoms with van der Waals surface area (Å²) in [7, 11) is 5.79. The van der Waals surface area contributed by atoms with Gasteiger partial charge in [-0.3, -0.25) is 18.9 Å². The van der Waals surface area contributed by atoms with Crippen molar-refractivity contribution < 1.29 is 5.11 Å². The highest BCUT2D eigenvalue weighted by molar-refractivity contribution is 6.31. The van der Waals surface area contributed by atoms with E-state index in [1.165, 1.54) is 10.9 Å². The third-order valence-electron chi connectivity index (χ3n) is 7.47. The quantitative estimate of drug-likeness (QED) is 0.375. The molecule has 0 aliphatic carbocycles. The number of aromatic nitrogens is 4. The Kier molecular flexibility index (Phi) is 7.28. The molecule has 0 atom stereocenters. The molecular weight excluding hydrogens is 502 g/mol. The van der Waals surface area contributed by atoms with Gasteiger partial charge >= 0.3 is 0 Å². The Bertz CT molecular complexity index is 1500. The van der Waals surface area contributed by atoms with Crippen molar-refractivity contribution >= 4 is 28.3 Å². The third kappa shape index (κ3) is 5.19. The number of aryl methyl sites for hydroxylation is 1. The average molecular weight is 536 g/mol. The summed E-state index contributed by atoms with van der Waals surface area (Å²) in [6, 6.07) is 14.0. The number of nitrogens with zero attached hydrogens (tertiary/aromatic N) is 6. The second kappa shape index (κ2) is 10.5. The molecule has 9 nitrogen and oxygen atoms in total. The van der Waals surface area contributed by atoms with Gasteiger partial charge in [0, 0.05) is 63.6 Å². The van der Waals surface area contributed by atoms with Gasteiger partial charge in [-0.1, -0.05) is 41.9 Å². The summed E-state index contributed by atoms with van der Waals surface area (Å²) in [6.45, 7) is 2.78. The van der Waals surface area contributed by atoms with Crippen molar-refractivity contribution in [3.8, 4) is 11.3 Å². The van der Waals surface area contributed by atoms with Gasteiger partial charge in [0.1, 0.15) is 5.52 Å². The van der Waals surface area contributed by atoms with Crippen molar-refractivity contribution in [2.24, 2.45) is 12.8 Å². The minimum absolute atomic E-state index is 0.179. The number of piperidine rings is 1. The lowest BCUT2D eigenvalue weighted by molar-refractivity contribution is -0.0364. The first-order valence-electron chi connectivity index (χ1n) is 12.8. The van der Waals surface area contributed by atoms with Crippen LogP contribution in [0.15, 0.2) is 53.6 Å². The highest BCUT2D eigenvalue weighted by atomic mass is 35.5. The number of hydrogen-bond donors (Lipinski definition) is 2. The molecule has 0 spiro atoms. The molecule has 10 heteroatoms. The van der Waals surface area contributed by atoms with Gasteiger partial charge in [0.15, 0.2) is 5.52 Å². The van der Waals surface area contributed by atoms with E-state index in [0.717, 1.165) is 39.6 Å². The van der Waals surface area contributed by atoms with Crippen molar-refractivity contribution in [3.63, 3.8) is 0 Å². The van der Waals surface area contributed by atoms with Crippen molar-refractivity contribution in [3.05, 3.63) is 75.3 Å². The van der Waals surface area contributed by atoms with E-state index >= 15 is 0 Å². The number of nitrogens with two attached hydrogens (primary N) is 1. The van der Waals surface area contributed by atoms with Gasteiger partial charge in [0.25, 0.3) is 5.56 Å². The summed E-state index contributed by atoms with van der Waals surface area (Å²) >= 11 is 6.53. The largest absolute Gasteiger partial charge is 0.388 e. The van der Waals surface area contributed by atoms with Crippen molar-refractivity contribution in [1.29, 1.82) is 0 Å². The van der Waals surface area contributed by atoms with E-state index in [2.05, 4.69) is 27.1 Å². The fourth-order valence-electron chi connectivity index (χ4n) is 5.12. The first kappa shape index (κ1) is 26.4. The third-order valence-corrected chi connectivity index (χ3v) is 7.83. The Hall–Kier alpha value is -3.24. The van der Waals surface area contributed by atoms with Gasteiger partial charge in [-0.15, -0.1) is 0 Å². The molecule has 1 saturated heterocycles. The first-order chi connectivity index (χ1) is 18.2. The lowest BCUT2D eigenvalue weighted by Crippen LogP contribution is -2.47. The molecule has 0 bridgehead atoms. The first-order valence-corrected chi connectivity index (χ1v) is 13.2. The normalized spacial score (nSPS) is 15.7. The van der Waals surface area contributed by atoms with Gasteiger partial charge < -0.3 is 15.7 Å². The Morgan fingerprint density at radius 1 is 1.11 bits per heavy atom. The van der Waals surface area contributed by atoms with E-state index in [9.17, 15) is 9.90 Å². The summed E-state index contributed by atoms with van der Waals surface area (Å²) in [5.74, 6) is 0. The van der Waals surface area contributed by atoms with E-state index in [1.54, 1.807) is 11.7 Å². The Morgan fingerprint density at radius 3 is 2.45 bits per heavy atom. The van der Waals surface area contributed by atoms with Crippen LogP contribution in [0.25, 0.3) is 22.3 Å². The van der Waals surface area contributed by atoms with Crippen molar-refractivity contribution in [2.45, 2.75) is 38.1 Å². The summed E-state index contributed by atoms with van der Waals surface area (Å²) in [5, 5.41) is 16.6. The number of aliphatic hydroxyl groups is 1. The van der Waals surface area contributed by atoms with Crippen LogP contribution < -0.4 is 16.2 Å². The zero-order valence-corrected chi connectivity index (χ0v) is 22.8. The molecule has 38 heavy (non-hydrogen) atoms. The molecule has 3 N–H and O–H groups in total. The zero-order chi connectivity index (χ0) is 27.0. The minimum Gasteiger partial charge on any atom is -0.388 e. The fraction of sp³-hybridized carbons (Fsp3) is 0.393. The molecule has 2 aromatic heterocycles. The number of fused-ring (bicyclic) bond motifs is 1. The summed E-state index contributed by atoms with van der Waals surface area (Å²) in [6.07, 6.45) is 2.62. The monoisotopic (exact) mass is 535 g/mol. The SMILES string of the molecule is CN(C)c1ccc(CN2CCC(O)(Cn3cnc4c(-c5ccc(CN)cc5)n(C)nc4c3=O)CC2)c(Cl)c1. The minimum atomic E-state index is -0.996. The maximum Gasteiger partial charge on any atom is 0.281 e. The van der Waals surface area contributed by atoms with Crippen molar-refractivity contribution in [2.75, 3.05) is 32.1 Å². The molecule has 0 radical (unpaired) electrons. The van der Waals surface area contributed by atoms with Crippen LogP contribution in [0.3, 0.4) is 0 Å². The predicted octanol–water partition coefficient (Wildman–Crippen LogP) is 3.00. The molecule has 2 aromatic carbocycles. The molecule has 0 unspecified atom stereocenters. The fourth-order valence-corrected chi connectivity index (χ4v) is 5.35. The second-order valence-corrected chi connectivity index (χ2v) is 10.8. The van der Waals surface area contributed by atoms with Crippen LogP contribution in [0.5, 0.6) is 0 Å². The lowest BCUT2D eigenvalue weighted by Gasteiger charge is -2.38. The van der Waals surface area contributed by atoms with E-state index in [4.69, 9.17) is 17.3 Å². The second-order valence-electron chi connectivity index (χ2n) is 10.4. The maximum atomic E-state index is 13.4. The number of rotatable bonds is 7. The van der Waals surface area contributed by atoms with E-state index in [-0.39, 0.29) is 12.1 Å². The van der Waals surface area contributed by atoms with E-state index < -0.39 is 5.60 Å². The standard InChI is InChI=1S/C28H34ClN7O2/c1-33(2)22-9-8-21(23(29)14-22)16-35-12-10-28(38,11-13-35)17-36-18-31-24-25(27(36)37)32-34(3)26(24)20-6-4-19(15-30)5-7-20/h4-9,14,18,38H,10-13,15-17,30H2,1-3H3. The summed E-state index contributed by atoms with van der Waals surface area (Å²) in [5.41, 5.74) is 10.2. The van der Waals surface area contributed by atoms with E-state index in [0.29, 0.717) is 43.5 Å². The van der Waals surface area contributed by atoms with Crippen molar-refractivity contribution in [1.82, 2.24) is 24.2 Å². The van der Waals surface area contributed by atoms with Gasteiger partial charge in [0.05, 0.1) is 24.2 Å². The lowest BCUT2D eigenvalue weighted by atomic mass is 9.91. The van der Waals surface area contributed by atoms with Gasteiger partial charge in [-0.2, -0.15) is 5.10 Å². The van der Waals surface area contributed by atoms with Crippen LogP contribution in [-0.2, 0) is 26.7 Å². The number of likely N-dealkylation sites (tertiary alicyclic amines) is 1. The van der Waals surface area contributed by atoms with Crippen LogP contribution in [0.4, 0.5) is 5.69 Å². The molecule has 1 aliphatic heterocycles. The Balaban J connectivity index is 1.30. The van der Waals surface area contributed by atoms with Crippen LogP contribution in [-0.4, -0.2) is 62.1 Å². The molecule has 0 saturated carbocycles. The van der Waals surface area contributed by atoms with Crippen LogP contribution in [0.2, 0.25) is 5.02 Å². The van der Waals surface area contributed by atoms with E-state index in [1.807, 2.05) is 49.3 Å². The molecule has 3 heterocycles. The highest BCUT2D eigenvalue weighted by Gasteiger charge is 2.33. The zero-order valence-electron chi connectivity index (χ0n) is 22.1. The number of halogens is 1. The average Bonchev–Trinajstić information content (AvgIpc) is 3.25. The number of anilines is 1. The maximum absolute atomic E-state index is 13.4. The van der Waals surface area contributed by atoms with Gasteiger partial charge in [-0.25, -0.2) is 4.98 Å². The van der Waals surface area contributed by atoms with Crippen LogP contribution in [0.1, 0.15) is 24.0 Å². The summed E-state index contributed by atoms with van der Waals surface area (Å²) < 4.78 is 3.17. The highest BCUT2D eigenvalue weighted by Crippen LogP contribution is 2.29. The Morgan fingerprint density at radius 2 is 1.82 bits per heavy atom. The topological polar surface area (TPSA) is 105 Å². The molecule has 1 fully saturated rings. The number of benzene rings is 2. The van der Waals surface area contributed by atoms with Gasteiger partial charge in [0.2, 0.25) is 0 Å². The molecule has 4 aromatic rings. The Labute approximate surface area is 227 Å². The molecule has 5 rings (SSSR count). The summed E-state index contributed by atoms with van der Waals surface area (Å²) in [4.78, 5) is 22.3. The smallest absolute Gasteiger partial charge is 0.281 e. The molecule has 200 valence electrons. The number of hydrogen-bond acceptors (Lipinski definition) is 7. The van der Waals surface area contributed by atoms with Crippen LogP contribution >= 0.6 is 11.6 Å². The molecular formula is C28H34ClN7O2. The van der Waals surface area contributed by atoms with Crippen LogP contribution in [0, 0.1) is 0 Å². The predicted molar refractivity (Wildman–Crippen MR) is 151 cm³/mol. The van der Waals surface area contributed by atoms with Gasteiger partial charge in [-0.05, 0) is 36.1 Å². The molecule has 0 amide bonds. The molecule has 1 aliphatic rings.